The zero-order valence-corrected chi connectivity index (χ0v) is 24.6. The van der Waals surface area contributed by atoms with Gasteiger partial charge in [0.2, 0.25) is 15.9 Å². The number of likely N-dealkylation sites (tertiary alicyclic amines) is 1. The molecule has 1 spiro atoms. The van der Waals surface area contributed by atoms with Crippen LogP contribution in [0.5, 0.6) is 0 Å². The number of halogens is 3. The Kier molecular flexibility index (Phi) is 8.96. The smallest absolute Gasteiger partial charge is 0.240 e. The van der Waals surface area contributed by atoms with Crippen LogP contribution >= 0.6 is 12.4 Å². The Morgan fingerprint density at radius 1 is 1.24 bits per heavy atom. The summed E-state index contributed by atoms with van der Waals surface area (Å²) in [5.41, 5.74) is 4.00. The van der Waals surface area contributed by atoms with Gasteiger partial charge in [-0.1, -0.05) is 30.3 Å². The van der Waals surface area contributed by atoms with Gasteiger partial charge in [0, 0.05) is 31.1 Å². The van der Waals surface area contributed by atoms with E-state index in [0.29, 0.717) is 6.07 Å². The predicted molar refractivity (Wildman–Crippen MR) is 154 cm³/mol. The van der Waals surface area contributed by atoms with Gasteiger partial charge >= 0.3 is 0 Å². The molecular weight excluding hydrogens is 578 g/mol. The molecular formula is C28H35ClF2N4O5S. The number of anilines is 1. The number of piperidine rings is 1. The zero-order valence-electron chi connectivity index (χ0n) is 24.9. The summed E-state index contributed by atoms with van der Waals surface area (Å²) in [7, 11) is -3.87. The number of carbonyl (C=O) groups excluding carboxylic acids is 2. The first kappa shape index (κ1) is 29.5. The van der Waals surface area contributed by atoms with E-state index >= 15 is 0 Å². The largest absolute Gasteiger partial charge is 0.374 e. The Hall–Kier alpha value is -3.02. The first-order valence-corrected chi connectivity index (χ1v) is 14.6. The number of nitrogens with zero attached hydrogens (tertiary/aromatic N) is 2. The van der Waals surface area contributed by atoms with Crippen molar-refractivity contribution in [2.75, 3.05) is 36.8 Å². The Balaban J connectivity index is 0.00000506. The van der Waals surface area contributed by atoms with E-state index in [1.165, 1.54) is 13.8 Å². The van der Waals surface area contributed by atoms with Gasteiger partial charge in [0.25, 0.3) is 0 Å². The van der Waals surface area contributed by atoms with Gasteiger partial charge in [-0.15, -0.1) is 12.4 Å². The van der Waals surface area contributed by atoms with Crippen LogP contribution < -0.4 is 15.4 Å². The van der Waals surface area contributed by atoms with Crippen molar-refractivity contribution in [3.63, 3.8) is 0 Å². The van der Waals surface area contributed by atoms with Crippen LogP contribution in [0.15, 0.2) is 48.2 Å². The highest BCUT2D eigenvalue weighted by molar-refractivity contribution is 7.92. The van der Waals surface area contributed by atoms with E-state index in [1.807, 2.05) is 5.94 Å². The van der Waals surface area contributed by atoms with Crippen LogP contribution in [0, 0.1) is 11.6 Å². The fourth-order valence-electron chi connectivity index (χ4n) is 5.15. The lowest BCUT2D eigenvalue weighted by molar-refractivity contribution is -0.126. The zero-order chi connectivity index (χ0) is 31.1. The number of hydrogen-bond acceptors (Lipinski definition) is 7. The third kappa shape index (κ3) is 7.07. The topological polar surface area (TPSA) is 122 Å². The van der Waals surface area contributed by atoms with E-state index in [0.717, 1.165) is 16.6 Å². The number of hydrogen-bond donors (Lipinski definition) is 2. The second kappa shape index (κ2) is 12.5. The molecule has 2 aromatic rings. The lowest BCUT2D eigenvalue weighted by atomic mass is 9.74. The average Bonchev–Trinajstić information content (AvgIpc) is 3.23. The van der Waals surface area contributed by atoms with Crippen molar-refractivity contribution in [3.05, 3.63) is 70.9 Å². The molecule has 4 rings (SSSR count). The number of benzene rings is 2. The quantitative estimate of drug-likeness (QED) is 0.417. The minimum absolute atomic E-state index is 0. The predicted octanol–water partition coefficient (Wildman–Crippen LogP) is 2.65. The van der Waals surface area contributed by atoms with Crippen LogP contribution in [0.1, 0.15) is 40.6 Å². The first-order valence-electron chi connectivity index (χ1n) is 13.7. The normalized spacial score (nSPS) is 18.0. The molecule has 2 aliphatic rings. The van der Waals surface area contributed by atoms with Gasteiger partial charge in [0.1, 0.15) is 23.5 Å². The maximum Gasteiger partial charge on any atom is 0.240 e. The molecule has 1 fully saturated rings. The number of carbonyl (C=O) groups is 1. The Morgan fingerprint density at radius 2 is 1.88 bits per heavy atom. The number of ether oxygens (including phenoxy) is 1. The second-order valence-corrected chi connectivity index (χ2v) is 12.7. The average molecular weight is 615 g/mol. The van der Waals surface area contributed by atoms with Gasteiger partial charge in [-0.25, -0.2) is 22.0 Å². The molecule has 13 heteroatoms. The molecule has 0 saturated carbocycles. The van der Waals surface area contributed by atoms with Crippen LogP contribution in [-0.4, -0.2) is 69.2 Å². The highest BCUT2D eigenvalue weighted by atomic mass is 35.5. The van der Waals surface area contributed by atoms with Crippen LogP contribution in [0.4, 0.5) is 14.5 Å². The van der Waals surface area contributed by atoms with Crippen molar-refractivity contribution in [2.45, 2.75) is 50.2 Å². The SMILES string of the molecule is Cl.[2H]C([2H])(OC[C@H](NC(=O)C(C)(C)N)C(=C=O)N1CCC2(CC1)CN(S(C)(=O)=O)c1c(F)cc(F)cc12)c1ccccc1. The van der Waals surface area contributed by atoms with Crippen molar-refractivity contribution in [1.29, 1.82) is 0 Å². The Labute approximate surface area is 248 Å². The fraction of sp³-hybridized carbons (Fsp3) is 0.464. The van der Waals surface area contributed by atoms with Gasteiger partial charge in [-0.05, 0) is 43.9 Å². The minimum atomic E-state index is -3.87. The lowest BCUT2D eigenvalue weighted by Crippen LogP contribution is -2.56. The highest BCUT2D eigenvalue weighted by Crippen LogP contribution is 2.49. The van der Waals surface area contributed by atoms with Crippen LogP contribution in [-0.2, 0) is 36.3 Å². The van der Waals surface area contributed by atoms with E-state index in [-0.39, 0.29) is 67.4 Å². The molecule has 2 aromatic carbocycles. The molecule has 0 aliphatic carbocycles. The summed E-state index contributed by atoms with van der Waals surface area (Å²) in [6.07, 6.45) is 1.42. The third-order valence-electron chi connectivity index (χ3n) is 7.30. The van der Waals surface area contributed by atoms with Gasteiger partial charge in [-0.2, -0.15) is 0 Å². The lowest BCUT2D eigenvalue weighted by Gasteiger charge is -2.42. The summed E-state index contributed by atoms with van der Waals surface area (Å²) in [5.74, 6) is -0.549. The van der Waals surface area contributed by atoms with Gasteiger partial charge < -0.3 is 20.7 Å². The van der Waals surface area contributed by atoms with Gasteiger partial charge in [0.15, 0.2) is 5.82 Å². The van der Waals surface area contributed by atoms with E-state index < -0.39 is 57.7 Å². The summed E-state index contributed by atoms with van der Waals surface area (Å²) in [4.78, 5) is 26.8. The van der Waals surface area contributed by atoms with Crippen LogP contribution in [0.3, 0.4) is 0 Å². The van der Waals surface area contributed by atoms with E-state index in [9.17, 15) is 26.8 Å². The number of sulfonamides is 1. The molecule has 41 heavy (non-hydrogen) atoms. The molecule has 2 heterocycles. The maximum absolute atomic E-state index is 14.8. The third-order valence-corrected chi connectivity index (χ3v) is 8.41. The number of nitrogens with two attached hydrogens (primary N) is 1. The molecule has 1 amide bonds. The molecule has 9 nitrogen and oxygen atoms in total. The monoisotopic (exact) mass is 614 g/mol. The molecule has 1 atom stereocenters. The molecule has 2 aliphatic heterocycles. The molecule has 224 valence electrons. The van der Waals surface area contributed by atoms with Crippen molar-refractivity contribution in [2.24, 2.45) is 5.73 Å². The van der Waals surface area contributed by atoms with Crippen LogP contribution in [0.25, 0.3) is 0 Å². The molecule has 0 unspecified atom stereocenters. The summed E-state index contributed by atoms with van der Waals surface area (Å²) >= 11 is 0. The van der Waals surface area contributed by atoms with E-state index in [4.69, 9.17) is 13.2 Å². The summed E-state index contributed by atoms with van der Waals surface area (Å²) < 4.78 is 77.4. The highest BCUT2D eigenvalue weighted by Gasteiger charge is 2.49. The number of amides is 1. The van der Waals surface area contributed by atoms with Crippen molar-refractivity contribution in [1.82, 2.24) is 10.2 Å². The molecule has 1 saturated heterocycles. The van der Waals surface area contributed by atoms with E-state index in [2.05, 4.69) is 5.32 Å². The maximum atomic E-state index is 14.8. The summed E-state index contributed by atoms with van der Waals surface area (Å²) in [5, 5.41) is 2.66. The molecule has 0 radical (unpaired) electrons. The number of fused-ring (bicyclic) bond motifs is 2. The summed E-state index contributed by atoms with van der Waals surface area (Å²) in [6, 6.07) is 8.78. The molecule has 0 bridgehead atoms. The van der Waals surface area contributed by atoms with Gasteiger partial charge in [-0.3, -0.25) is 9.10 Å². The second-order valence-electron chi connectivity index (χ2n) is 10.8. The summed E-state index contributed by atoms with van der Waals surface area (Å²) in [6.45, 7) is 0.491. The van der Waals surface area contributed by atoms with Crippen LogP contribution in [0.2, 0.25) is 0 Å². The Bertz CT molecular complexity index is 1510. The number of nitrogens with one attached hydrogen (secondary N) is 1. The first-order chi connectivity index (χ1) is 19.5. The van der Waals surface area contributed by atoms with Crippen molar-refractivity contribution >= 4 is 40.0 Å². The van der Waals surface area contributed by atoms with Crippen molar-refractivity contribution in [3.8, 4) is 0 Å². The fourth-order valence-corrected chi connectivity index (χ4v) is 6.15. The van der Waals surface area contributed by atoms with E-state index in [1.54, 1.807) is 35.2 Å². The molecule has 0 aromatic heterocycles. The standard InChI is InChI=1S/C28H34F2N4O5S.ClH/c1-27(2,31)26(36)32-23(17-39-16-19-7-5-4-6-8-19)24(15-35)33-11-9-28(10-12-33)18-34(40(3,37)38)25-21(28)13-20(29)14-22(25)30;/h4-8,13-14,23H,9-12,16-18,31H2,1-3H3,(H,32,36);1H/t23-;/m0./s1/i16D2;. The van der Waals surface area contributed by atoms with Gasteiger partial charge in [0.05, 0.1) is 33.4 Å². The minimum Gasteiger partial charge on any atom is -0.374 e. The van der Waals surface area contributed by atoms with Crippen molar-refractivity contribution < 1.29 is 34.3 Å². The number of rotatable bonds is 9. The Morgan fingerprint density at radius 3 is 2.44 bits per heavy atom. The molecule has 3 N–H and O–H groups in total.